The van der Waals surface area contributed by atoms with Crippen molar-refractivity contribution in [2.24, 2.45) is 0 Å². The number of aromatic nitrogens is 4. The van der Waals surface area contributed by atoms with Crippen molar-refractivity contribution in [3.63, 3.8) is 0 Å². The van der Waals surface area contributed by atoms with E-state index in [1.54, 1.807) is 0 Å². The lowest BCUT2D eigenvalue weighted by molar-refractivity contribution is -0.192. The highest BCUT2D eigenvalue weighted by Gasteiger charge is 2.64. The number of amides is 1. The zero-order chi connectivity index (χ0) is 30.8. The van der Waals surface area contributed by atoms with E-state index in [1.807, 2.05) is 5.32 Å². The molecule has 1 unspecified atom stereocenters. The summed E-state index contributed by atoms with van der Waals surface area (Å²) in [5.41, 5.74) is -5.09. The predicted octanol–water partition coefficient (Wildman–Crippen LogP) is 5.20. The van der Waals surface area contributed by atoms with Gasteiger partial charge in [-0.25, -0.2) is 23.5 Å². The fraction of sp³-hybridized carbons (Fsp3) is 0.240. The average Bonchev–Trinajstić information content (AvgIpc) is 3.36. The van der Waals surface area contributed by atoms with Crippen molar-refractivity contribution in [3.8, 4) is 23.1 Å². The lowest BCUT2D eigenvalue weighted by Crippen LogP contribution is -2.45. The number of esters is 1. The first-order valence-corrected chi connectivity index (χ1v) is 11.7. The quantitative estimate of drug-likeness (QED) is 0.248. The number of ether oxygens (including phenoxy) is 2. The summed E-state index contributed by atoms with van der Waals surface area (Å²) in [4.78, 5) is 36.0. The van der Waals surface area contributed by atoms with E-state index in [0.717, 1.165) is 18.2 Å². The predicted molar refractivity (Wildman–Crippen MR) is 125 cm³/mol. The highest BCUT2D eigenvalue weighted by molar-refractivity contribution is 6.07. The fourth-order valence-electron chi connectivity index (χ4n) is 4.28. The van der Waals surface area contributed by atoms with Crippen molar-refractivity contribution >= 4 is 23.3 Å². The zero-order valence-corrected chi connectivity index (χ0v) is 21.1. The third-order valence-electron chi connectivity index (χ3n) is 6.48. The molecule has 0 aliphatic carbocycles. The molecule has 4 aromatic rings. The topological polar surface area (TPSA) is 108 Å². The smallest absolute Gasteiger partial charge is 0.485 e. The third-order valence-corrected chi connectivity index (χ3v) is 6.48. The van der Waals surface area contributed by atoms with Crippen molar-refractivity contribution in [1.29, 1.82) is 0 Å². The first-order valence-electron chi connectivity index (χ1n) is 11.7. The van der Waals surface area contributed by atoms with Crippen LogP contribution in [0.3, 0.4) is 0 Å². The molecule has 1 amide bonds. The minimum absolute atomic E-state index is 0.00356. The largest absolute Gasteiger partial charge is 0.491 e. The van der Waals surface area contributed by atoms with Gasteiger partial charge in [0.2, 0.25) is 11.8 Å². The van der Waals surface area contributed by atoms with Crippen LogP contribution in [0.4, 0.5) is 40.9 Å². The molecule has 3 aromatic heterocycles. The van der Waals surface area contributed by atoms with Gasteiger partial charge in [-0.3, -0.25) is 9.20 Å². The van der Waals surface area contributed by atoms with Gasteiger partial charge in [0.1, 0.15) is 29.8 Å². The fourth-order valence-corrected chi connectivity index (χ4v) is 4.28. The van der Waals surface area contributed by atoms with Crippen LogP contribution < -0.4 is 14.8 Å². The SMILES string of the molecule is Cc1nc2c(OCc3c(F)cccc3F)cccn2c1-c1nc2c(c(OC(=O)C(F)(F)F)n1)C(C)(C(F)(F)F)C(=O)N2. The van der Waals surface area contributed by atoms with Crippen LogP contribution in [0.15, 0.2) is 36.5 Å². The number of nitrogens with one attached hydrogen (secondary N) is 1. The molecule has 4 heterocycles. The number of nitrogens with zero attached hydrogens (tertiary/aromatic N) is 4. The molecule has 1 aliphatic heterocycles. The number of benzene rings is 1. The number of halogens is 8. The third kappa shape index (κ3) is 4.53. The normalized spacial score (nSPS) is 16.9. The molecule has 1 aliphatic rings. The number of hydrogen-bond donors (Lipinski definition) is 1. The van der Waals surface area contributed by atoms with Crippen LogP contribution in [0.25, 0.3) is 17.2 Å². The molecule has 0 saturated heterocycles. The lowest BCUT2D eigenvalue weighted by atomic mass is 9.84. The van der Waals surface area contributed by atoms with E-state index < -0.39 is 71.0 Å². The average molecular weight is 601 g/mol. The highest BCUT2D eigenvalue weighted by Crippen LogP contribution is 2.51. The Morgan fingerprint density at radius 3 is 2.31 bits per heavy atom. The number of alkyl halides is 6. The van der Waals surface area contributed by atoms with Crippen LogP contribution in [0.5, 0.6) is 11.6 Å². The molecule has 1 N–H and O–H groups in total. The first kappa shape index (κ1) is 28.7. The number of rotatable bonds is 5. The molecule has 42 heavy (non-hydrogen) atoms. The summed E-state index contributed by atoms with van der Waals surface area (Å²) in [6, 6.07) is 5.99. The number of hydrogen-bond acceptors (Lipinski definition) is 7. The Hall–Kier alpha value is -4.83. The van der Waals surface area contributed by atoms with E-state index in [4.69, 9.17) is 4.74 Å². The highest BCUT2D eigenvalue weighted by atomic mass is 19.4. The summed E-state index contributed by atoms with van der Waals surface area (Å²) in [5, 5.41) is 1.87. The molecule has 1 atom stereocenters. The maximum Gasteiger partial charge on any atom is 0.491 e. The number of carbonyl (C=O) groups excluding carboxylic acids is 2. The number of anilines is 1. The molecule has 0 spiro atoms. The van der Waals surface area contributed by atoms with Crippen LogP contribution in [-0.2, 0) is 21.6 Å². The summed E-state index contributed by atoms with van der Waals surface area (Å²) in [6.45, 7) is 1.21. The van der Waals surface area contributed by atoms with Crippen LogP contribution in [0, 0.1) is 18.6 Å². The van der Waals surface area contributed by atoms with Gasteiger partial charge >= 0.3 is 18.3 Å². The second kappa shape index (κ2) is 9.63. The standard InChI is InChI=1S/C25H15F8N5O4/c1-10-16(38-8-4-7-14(19(38)34-10)41-9-11-12(26)5-3-6-13(11)27)18-35-17-15(20(36-18)42-22(40)24(28,29)30)23(2,21(39)37-17)25(31,32)33/h3-8H,9H2,1-2H3,(H,35,36,37,39). The van der Waals surface area contributed by atoms with Gasteiger partial charge in [0, 0.05) is 6.20 Å². The van der Waals surface area contributed by atoms with E-state index in [-0.39, 0.29) is 28.3 Å². The Kier molecular flexibility index (Phi) is 6.58. The van der Waals surface area contributed by atoms with Crippen molar-refractivity contribution in [2.45, 2.75) is 38.2 Å². The summed E-state index contributed by atoms with van der Waals surface area (Å²) in [7, 11) is 0. The maximum absolute atomic E-state index is 14.1. The molecule has 17 heteroatoms. The Morgan fingerprint density at radius 1 is 1.02 bits per heavy atom. The summed E-state index contributed by atoms with van der Waals surface area (Å²) >= 11 is 0. The maximum atomic E-state index is 14.1. The molecular weight excluding hydrogens is 586 g/mol. The van der Waals surface area contributed by atoms with Crippen molar-refractivity contribution in [1.82, 2.24) is 19.4 Å². The van der Waals surface area contributed by atoms with Crippen LogP contribution in [0.1, 0.15) is 23.7 Å². The van der Waals surface area contributed by atoms with Gasteiger partial charge in [0.25, 0.3) is 0 Å². The van der Waals surface area contributed by atoms with Crippen molar-refractivity contribution in [2.75, 3.05) is 5.32 Å². The van der Waals surface area contributed by atoms with Crippen LogP contribution >= 0.6 is 0 Å². The summed E-state index contributed by atoms with van der Waals surface area (Å²) < 4.78 is 120. The monoisotopic (exact) mass is 601 g/mol. The second-order valence-electron chi connectivity index (χ2n) is 9.14. The van der Waals surface area contributed by atoms with E-state index in [0.29, 0.717) is 6.92 Å². The van der Waals surface area contributed by atoms with Gasteiger partial charge in [-0.2, -0.15) is 31.3 Å². The number of fused-ring (bicyclic) bond motifs is 2. The van der Waals surface area contributed by atoms with E-state index in [9.17, 15) is 44.7 Å². The van der Waals surface area contributed by atoms with Gasteiger partial charge in [-0.05, 0) is 38.1 Å². The van der Waals surface area contributed by atoms with E-state index >= 15 is 0 Å². The van der Waals surface area contributed by atoms with Gasteiger partial charge < -0.3 is 14.8 Å². The lowest BCUT2D eigenvalue weighted by Gasteiger charge is -2.26. The molecule has 1 aromatic carbocycles. The Morgan fingerprint density at radius 2 is 1.69 bits per heavy atom. The van der Waals surface area contributed by atoms with Gasteiger partial charge in [0.15, 0.2) is 22.6 Å². The Bertz CT molecular complexity index is 1750. The first-order chi connectivity index (χ1) is 19.5. The second-order valence-corrected chi connectivity index (χ2v) is 9.14. The van der Waals surface area contributed by atoms with E-state index in [2.05, 4.69) is 19.7 Å². The molecule has 0 saturated carbocycles. The number of carbonyl (C=O) groups is 2. The molecule has 0 fully saturated rings. The molecule has 9 nitrogen and oxygen atoms in total. The number of imidazole rings is 1. The van der Waals surface area contributed by atoms with Crippen LogP contribution in [-0.4, -0.2) is 43.6 Å². The van der Waals surface area contributed by atoms with Crippen molar-refractivity contribution < 1.29 is 54.2 Å². The molecule has 0 bridgehead atoms. The minimum Gasteiger partial charge on any atom is -0.485 e. The summed E-state index contributed by atoms with van der Waals surface area (Å²) in [6.07, 6.45) is -9.61. The molecule has 220 valence electrons. The Balaban J connectivity index is 1.65. The van der Waals surface area contributed by atoms with Gasteiger partial charge in [0.05, 0.1) is 16.8 Å². The van der Waals surface area contributed by atoms with Gasteiger partial charge in [-0.1, -0.05) is 6.07 Å². The van der Waals surface area contributed by atoms with Crippen LogP contribution in [0.2, 0.25) is 0 Å². The molecule has 0 radical (unpaired) electrons. The van der Waals surface area contributed by atoms with Gasteiger partial charge in [-0.15, -0.1) is 0 Å². The molecular formula is C25H15F8N5O4. The van der Waals surface area contributed by atoms with Crippen molar-refractivity contribution in [3.05, 3.63) is 65.0 Å². The zero-order valence-electron chi connectivity index (χ0n) is 21.1. The Labute approximate surface area is 229 Å². The number of pyridine rings is 1. The van der Waals surface area contributed by atoms with E-state index in [1.165, 1.54) is 29.7 Å². The summed E-state index contributed by atoms with van der Waals surface area (Å²) in [5.74, 6) is -9.20. The minimum atomic E-state index is -5.62. The molecule has 5 rings (SSSR count). The number of aryl methyl sites for hydroxylation is 1.